The van der Waals surface area contributed by atoms with Crippen molar-refractivity contribution in [2.45, 2.75) is 57.3 Å². The van der Waals surface area contributed by atoms with Gasteiger partial charge < -0.3 is 16.0 Å². The quantitative estimate of drug-likeness (QED) is 0.521. The smallest absolute Gasteiger partial charge is 0.356 e. The van der Waals surface area contributed by atoms with E-state index in [1.807, 2.05) is 0 Å². The summed E-state index contributed by atoms with van der Waals surface area (Å²) < 4.78 is 37.7. The molecule has 1 saturated carbocycles. The average Bonchev–Trinajstić information content (AvgIpc) is 2.65. The zero-order chi connectivity index (χ0) is 19.7. The molecule has 0 spiro atoms. The van der Waals surface area contributed by atoms with E-state index in [2.05, 4.69) is 20.9 Å². The van der Waals surface area contributed by atoms with E-state index in [0.717, 1.165) is 25.0 Å². The normalized spacial score (nSPS) is 16.1. The van der Waals surface area contributed by atoms with Gasteiger partial charge in [-0.3, -0.25) is 9.79 Å². The SMILES string of the molecule is CN=C(NCCC(=O)NC1CCCCC1)NCc1ccc(C(F)(F)F)cc1. The van der Waals surface area contributed by atoms with E-state index in [-0.39, 0.29) is 5.91 Å². The zero-order valence-electron chi connectivity index (χ0n) is 15.5. The van der Waals surface area contributed by atoms with Crippen molar-refractivity contribution < 1.29 is 18.0 Å². The van der Waals surface area contributed by atoms with Gasteiger partial charge in [-0.2, -0.15) is 13.2 Å². The van der Waals surface area contributed by atoms with Crippen molar-refractivity contribution in [2.24, 2.45) is 4.99 Å². The van der Waals surface area contributed by atoms with Gasteiger partial charge in [-0.15, -0.1) is 0 Å². The van der Waals surface area contributed by atoms with Crippen molar-refractivity contribution in [3.8, 4) is 0 Å². The predicted octanol–water partition coefficient (Wildman–Crippen LogP) is 3.21. The summed E-state index contributed by atoms with van der Waals surface area (Å²) in [6.45, 7) is 0.775. The van der Waals surface area contributed by atoms with Crippen molar-refractivity contribution in [1.82, 2.24) is 16.0 Å². The van der Waals surface area contributed by atoms with Crippen LogP contribution in [0, 0.1) is 0 Å². The number of guanidine groups is 1. The first-order valence-corrected chi connectivity index (χ1v) is 9.28. The second-order valence-electron chi connectivity index (χ2n) is 6.70. The molecule has 1 aliphatic rings. The molecule has 0 aromatic heterocycles. The molecule has 0 radical (unpaired) electrons. The first kappa shape index (κ1) is 21.1. The van der Waals surface area contributed by atoms with E-state index in [1.54, 1.807) is 7.05 Å². The molecule has 1 aromatic rings. The van der Waals surface area contributed by atoms with Gasteiger partial charge in [-0.05, 0) is 30.5 Å². The largest absolute Gasteiger partial charge is 0.416 e. The molecule has 8 heteroatoms. The molecule has 1 fully saturated rings. The number of nitrogens with one attached hydrogen (secondary N) is 3. The number of rotatable bonds is 6. The third kappa shape index (κ3) is 7.48. The maximum absolute atomic E-state index is 12.6. The Morgan fingerprint density at radius 2 is 1.78 bits per heavy atom. The van der Waals surface area contributed by atoms with Crippen molar-refractivity contribution >= 4 is 11.9 Å². The van der Waals surface area contributed by atoms with Crippen molar-refractivity contribution in [2.75, 3.05) is 13.6 Å². The van der Waals surface area contributed by atoms with Gasteiger partial charge in [0.2, 0.25) is 5.91 Å². The molecule has 0 saturated heterocycles. The Bertz CT molecular complexity index is 623. The Morgan fingerprint density at radius 1 is 1.11 bits per heavy atom. The highest BCUT2D eigenvalue weighted by atomic mass is 19.4. The van der Waals surface area contributed by atoms with E-state index in [4.69, 9.17) is 0 Å². The fourth-order valence-corrected chi connectivity index (χ4v) is 3.06. The standard InChI is InChI=1S/C19H27F3N4O/c1-23-18(24-12-11-17(27)26-16-5-3-2-4-6-16)25-13-14-7-9-15(10-8-14)19(20,21)22/h7-10,16H,2-6,11-13H2,1H3,(H,26,27)(H2,23,24,25). The van der Waals surface area contributed by atoms with Crippen LogP contribution >= 0.6 is 0 Å². The lowest BCUT2D eigenvalue weighted by Crippen LogP contribution is -2.41. The molecule has 5 nitrogen and oxygen atoms in total. The van der Waals surface area contributed by atoms with E-state index in [1.165, 1.54) is 31.4 Å². The van der Waals surface area contributed by atoms with Crippen molar-refractivity contribution in [3.63, 3.8) is 0 Å². The summed E-state index contributed by atoms with van der Waals surface area (Å²) in [5.41, 5.74) is 0.0405. The molecule has 0 unspecified atom stereocenters. The molecule has 27 heavy (non-hydrogen) atoms. The number of carbonyl (C=O) groups excluding carboxylic acids is 1. The van der Waals surface area contributed by atoms with Crippen molar-refractivity contribution in [1.29, 1.82) is 0 Å². The topological polar surface area (TPSA) is 65.5 Å². The van der Waals surface area contributed by atoms with Crippen LogP contribution in [0.1, 0.15) is 49.7 Å². The molecule has 0 heterocycles. The maximum atomic E-state index is 12.6. The minimum Gasteiger partial charge on any atom is -0.356 e. The summed E-state index contributed by atoms with van der Waals surface area (Å²) in [4.78, 5) is 16.0. The molecule has 1 amide bonds. The van der Waals surface area contributed by atoms with Gasteiger partial charge in [0.05, 0.1) is 5.56 Å². The van der Waals surface area contributed by atoms with Gasteiger partial charge in [0.25, 0.3) is 0 Å². The highest BCUT2D eigenvalue weighted by Crippen LogP contribution is 2.29. The van der Waals surface area contributed by atoms with Crippen LogP contribution < -0.4 is 16.0 Å². The summed E-state index contributed by atoms with van der Waals surface area (Å²) in [5.74, 6) is 0.521. The van der Waals surface area contributed by atoms with Crippen LogP contribution in [0.3, 0.4) is 0 Å². The van der Waals surface area contributed by atoms with Crippen LogP contribution in [0.25, 0.3) is 0 Å². The number of aliphatic imine (C=N–C) groups is 1. The number of hydrogen-bond acceptors (Lipinski definition) is 2. The molecule has 0 atom stereocenters. The summed E-state index contributed by atoms with van der Waals surface area (Å²) in [6.07, 6.45) is 1.70. The summed E-state index contributed by atoms with van der Waals surface area (Å²) in [7, 11) is 1.60. The lowest BCUT2D eigenvalue weighted by molar-refractivity contribution is -0.137. The molecule has 2 rings (SSSR count). The average molecular weight is 384 g/mol. The summed E-state index contributed by atoms with van der Waals surface area (Å²) in [6, 6.07) is 5.27. The maximum Gasteiger partial charge on any atom is 0.416 e. The molecular weight excluding hydrogens is 357 g/mol. The summed E-state index contributed by atoms with van der Waals surface area (Å²) in [5, 5.41) is 9.12. The van der Waals surface area contributed by atoms with Gasteiger partial charge >= 0.3 is 6.18 Å². The van der Waals surface area contributed by atoms with Crippen LogP contribution in [0.15, 0.2) is 29.3 Å². The minimum atomic E-state index is -4.33. The number of carbonyl (C=O) groups is 1. The lowest BCUT2D eigenvalue weighted by atomic mass is 9.95. The van der Waals surface area contributed by atoms with E-state index < -0.39 is 11.7 Å². The zero-order valence-corrected chi connectivity index (χ0v) is 15.5. The molecule has 0 aliphatic heterocycles. The molecular formula is C19H27F3N4O. The second kappa shape index (κ2) is 10.2. The molecule has 150 valence electrons. The van der Waals surface area contributed by atoms with Crippen molar-refractivity contribution in [3.05, 3.63) is 35.4 Å². The first-order chi connectivity index (χ1) is 12.9. The molecule has 0 bridgehead atoms. The highest BCUT2D eigenvalue weighted by molar-refractivity contribution is 5.81. The Balaban J connectivity index is 1.68. The monoisotopic (exact) mass is 384 g/mol. The van der Waals surface area contributed by atoms with Crippen LogP contribution in [0.2, 0.25) is 0 Å². The van der Waals surface area contributed by atoms with Gasteiger partial charge in [-0.1, -0.05) is 31.4 Å². The number of hydrogen-bond donors (Lipinski definition) is 3. The number of benzene rings is 1. The Kier molecular flexibility index (Phi) is 7.94. The van der Waals surface area contributed by atoms with E-state index >= 15 is 0 Å². The predicted molar refractivity (Wildman–Crippen MR) is 99.3 cm³/mol. The number of amides is 1. The number of nitrogens with zero attached hydrogens (tertiary/aromatic N) is 1. The Morgan fingerprint density at radius 3 is 2.37 bits per heavy atom. The molecule has 3 N–H and O–H groups in total. The number of halogens is 3. The van der Waals surface area contributed by atoms with Crippen LogP contribution in [0.5, 0.6) is 0 Å². The fourth-order valence-electron chi connectivity index (χ4n) is 3.06. The molecule has 1 aromatic carbocycles. The minimum absolute atomic E-state index is 0.0209. The van der Waals surface area contributed by atoms with Crippen LogP contribution in [0.4, 0.5) is 13.2 Å². The van der Waals surface area contributed by atoms with Crippen LogP contribution in [-0.4, -0.2) is 31.5 Å². The van der Waals surface area contributed by atoms with E-state index in [0.29, 0.717) is 37.1 Å². The van der Waals surface area contributed by atoms with Gasteiger partial charge in [0.15, 0.2) is 5.96 Å². The Hall–Kier alpha value is -2.25. The first-order valence-electron chi connectivity index (χ1n) is 9.28. The van der Waals surface area contributed by atoms with E-state index in [9.17, 15) is 18.0 Å². The fraction of sp³-hybridized carbons (Fsp3) is 0.579. The third-order valence-corrected chi connectivity index (χ3v) is 4.58. The lowest BCUT2D eigenvalue weighted by Gasteiger charge is -2.22. The van der Waals surface area contributed by atoms with Gasteiger partial charge in [-0.25, -0.2) is 0 Å². The summed E-state index contributed by atoms with van der Waals surface area (Å²) >= 11 is 0. The van der Waals surface area contributed by atoms with Gasteiger partial charge in [0, 0.05) is 32.6 Å². The Labute approximate surface area is 157 Å². The third-order valence-electron chi connectivity index (χ3n) is 4.58. The van der Waals surface area contributed by atoms with Gasteiger partial charge in [0.1, 0.15) is 0 Å². The number of alkyl halides is 3. The van der Waals surface area contributed by atoms with Crippen LogP contribution in [-0.2, 0) is 17.5 Å². The highest BCUT2D eigenvalue weighted by Gasteiger charge is 2.29. The second-order valence-corrected chi connectivity index (χ2v) is 6.70. The molecule has 1 aliphatic carbocycles.